The number of ketones is 1. The molecule has 2 heterocycles. The van der Waals surface area contributed by atoms with Crippen molar-refractivity contribution in [2.24, 2.45) is 0 Å². The number of nitrogens with zero attached hydrogens (tertiary/aromatic N) is 2. The van der Waals surface area contributed by atoms with Gasteiger partial charge in [0.15, 0.2) is 5.78 Å². The second-order valence-electron chi connectivity index (χ2n) is 5.68. The minimum Gasteiger partial charge on any atom is -0.384 e. The first-order valence-electron chi connectivity index (χ1n) is 7.87. The van der Waals surface area contributed by atoms with Crippen LogP contribution in [0.4, 0.5) is 5.82 Å². The van der Waals surface area contributed by atoms with Gasteiger partial charge >= 0.3 is 0 Å². The number of anilines is 1. The molecule has 1 aromatic carbocycles. The number of carbonyl (C=O) groups is 1. The summed E-state index contributed by atoms with van der Waals surface area (Å²) < 4.78 is 5.32. The Balaban J connectivity index is 1.67. The van der Waals surface area contributed by atoms with E-state index in [9.17, 15) is 4.79 Å². The normalized spacial score (nSPS) is 15.5. The fourth-order valence-corrected chi connectivity index (χ4v) is 2.73. The molecule has 0 unspecified atom stereocenters. The standard InChI is InChI=1S/C18H21N3O2/c19-18-13-15(4-6-20-18)14-2-1-3-16(12-14)17(22)5-7-21-8-10-23-11-9-21/h1-4,6,12-13H,5,7-11H2,(H2,19,20). The fourth-order valence-electron chi connectivity index (χ4n) is 2.73. The van der Waals surface area contributed by atoms with Crippen LogP contribution in [0.15, 0.2) is 42.6 Å². The molecular formula is C18H21N3O2. The number of ether oxygens (including phenoxy) is 1. The zero-order valence-electron chi connectivity index (χ0n) is 13.1. The van der Waals surface area contributed by atoms with Gasteiger partial charge in [0.1, 0.15) is 5.82 Å². The van der Waals surface area contributed by atoms with Gasteiger partial charge in [-0.15, -0.1) is 0 Å². The van der Waals surface area contributed by atoms with Gasteiger partial charge in [-0.1, -0.05) is 18.2 Å². The molecule has 0 amide bonds. The summed E-state index contributed by atoms with van der Waals surface area (Å²) in [5.41, 5.74) is 8.43. The zero-order chi connectivity index (χ0) is 16.1. The third-order valence-electron chi connectivity index (χ3n) is 4.06. The lowest BCUT2D eigenvalue weighted by Gasteiger charge is -2.26. The molecule has 0 bridgehead atoms. The summed E-state index contributed by atoms with van der Waals surface area (Å²) in [7, 11) is 0. The first kappa shape index (κ1) is 15.6. The number of rotatable bonds is 5. The van der Waals surface area contributed by atoms with Crippen LogP contribution in [0.25, 0.3) is 11.1 Å². The first-order valence-corrected chi connectivity index (χ1v) is 7.87. The first-order chi connectivity index (χ1) is 11.2. The molecule has 1 aromatic heterocycles. The van der Waals surface area contributed by atoms with E-state index in [1.165, 1.54) is 0 Å². The number of hydrogen-bond donors (Lipinski definition) is 1. The molecule has 5 nitrogen and oxygen atoms in total. The Labute approximate surface area is 136 Å². The van der Waals surface area contributed by atoms with Crippen LogP contribution < -0.4 is 5.73 Å². The number of benzene rings is 1. The molecule has 1 aliphatic heterocycles. The molecule has 2 N–H and O–H groups in total. The maximum Gasteiger partial charge on any atom is 0.164 e. The third kappa shape index (κ3) is 4.15. The van der Waals surface area contributed by atoms with Crippen molar-refractivity contribution in [1.82, 2.24) is 9.88 Å². The number of aromatic nitrogens is 1. The zero-order valence-corrected chi connectivity index (χ0v) is 13.1. The highest BCUT2D eigenvalue weighted by atomic mass is 16.5. The van der Waals surface area contributed by atoms with E-state index in [1.807, 2.05) is 36.4 Å². The SMILES string of the molecule is Nc1cc(-c2cccc(C(=O)CCN3CCOCC3)c2)ccn1. The average Bonchev–Trinajstić information content (AvgIpc) is 2.61. The van der Waals surface area contributed by atoms with Gasteiger partial charge < -0.3 is 10.5 Å². The molecule has 23 heavy (non-hydrogen) atoms. The maximum atomic E-state index is 12.4. The fraction of sp³-hybridized carbons (Fsp3) is 0.333. The lowest BCUT2D eigenvalue weighted by Crippen LogP contribution is -2.37. The van der Waals surface area contributed by atoms with E-state index in [4.69, 9.17) is 10.5 Å². The van der Waals surface area contributed by atoms with Gasteiger partial charge in [0.2, 0.25) is 0 Å². The number of Topliss-reactive ketones (excluding diaryl/α,β-unsaturated/α-hetero) is 1. The maximum absolute atomic E-state index is 12.4. The van der Waals surface area contributed by atoms with Crippen molar-refractivity contribution < 1.29 is 9.53 Å². The summed E-state index contributed by atoms with van der Waals surface area (Å²) in [6.45, 7) is 4.11. The summed E-state index contributed by atoms with van der Waals surface area (Å²) in [5.74, 6) is 0.645. The number of nitrogen functional groups attached to an aromatic ring is 1. The van der Waals surface area contributed by atoms with Crippen LogP contribution in [0, 0.1) is 0 Å². The Kier molecular flexibility index (Phi) is 5.00. The Morgan fingerprint density at radius 2 is 1.96 bits per heavy atom. The van der Waals surface area contributed by atoms with Gasteiger partial charge in [-0.3, -0.25) is 9.69 Å². The highest BCUT2D eigenvalue weighted by Crippen LogP contribution is 2.22. The largest absolute Gasteiger partial charge is 0.384 e. The van der Waals surface area contributed by atoms with E-state index in [0.29, 0.717) is 12.2 Å². The van der Waals surface area contributed by atoms with Crippen LogP contribution in [-0.4, -0.2) is 48.5 Å². The van der Waals surface area contributed by atoms with Crippen molar-refractivity contribution in [3.63, 3.8) is 0 Å². The topological polar surface area (TPSA) is 68.5 Å². The molecular weight excluding hydrogens is 290 g/mol. The molecule has 120 valence electrons. The molecule has 2 aromatic rings. The molecule has 0 atom stereocenters. The number of hydrogen-bond acceptors (Lipinski definition) is 5. The van der Waals surface area contributed by atoms with Gasteiger partial charge in [-0.25, -0.2) is 4.98 Å². The summed E-state index contributed by atoms with van der Waals surface area (Å²) in [6.07, 6.45) is 2.21. The third-order valence-corrected chi connectivity index (χ3v) is 4.06. The highest BCUT2D eigenvalue weighted by molar-refractivity contribution is 5.97. The predicted octanol–water partition coefficient (Wildman–Crippen LogP) is 2.24. The summed E-state index contributed by atoms with van der Waals surface area (Å²) in [4.78, 5) is 18.7. The van der Waals surface area contributed by atoms with Crippen LogP contribution in [-0.2, 0) is 4.74 Å². The van der Waals surface area contributed by atoms with E-state index in [0.717, 1.165) is 49.5 Å². The lowest BCUT2D eigenvalue weighted by atomic mass is 10.0. The Bertz CT molecular complexity index is 681. The molecule has 1 aliphatic rings. The lowest BCUT2D eigenvalue weighted by molar-refractivity contribution is 0.0370. The van der Waals surface area contributed by atoms with Gasteiger partial charge in [0.05, 0.1) is 13.2 Å². The molecule has 0 saturated carbocycles. The summed E-state index contributed by atoms with van der Waals surface area (Å²) in [5, 5.41) is 0. The Morgan fingerprint density at radius 1 is 1.17 bits per heavy atom. The highest BCUT2D eigenvalue weighted by Gasteiger charge is 2.13. The molecule has 1 fully saturated rings. The summed E-state index contributed by atoms with van der Waals surface area (Å²) in [6, 6.07) is 11.4. The van der Waals surface area contributed by atoms with Gasteiger partial charge in [-0.2, -0.15) is 0 Å². The molecule has 0 aliphatic carbocycles. The van der Waals surface area contributed by atoms with E-state index < -0.39 is 0 Å². The smallest absolute Gasteiger partial charge is 0.164 e. The monoisotopic (exact) mass is 311 g/mol. The molecule has 1 saturated heterocycles. The second kappa shape index (κ2) is 7.35. The second-order valence-corrected chi connectivity index (χ2v) is 5.68. The summed E-state index contributed by atoms with van der Waals surface area (Å²) >= 11 is 0. The minimum absolute atomic E-state index is 0.167. The minimum atomic E-state index is 0.167. The van der Waals surface area contributed by atoms with Crippen LogP contribution in [0.5, 0.6) is 0 Å². The van der Waals surface area contributed by atoms with E-state index in [1.54, 1.807) is 6.20 Å². The average molecular weight is 311 g/mol. The van der Waals surface area contributed by atoms with Crippen molar-refractivity contribution >= 4 is 11.6 Å². The van der Waals surface area contributed by atoms with Crippen molar-refractivity contribution in [1.29, 1.82) is 0 Å². The van der Waals surface area contributed by atoms with E-state index in [2.05, 4.69) is 9.88 Å². The molecule has 0 spiro atoms. The Hall–Kier alpha value is -2.24. The van der Waals surface area contributed by atoms with Crippen molar-refractivity contribution in [2.45, 2.75) is 6.42 Å². The number of carbonyl (C=O) groups excluding carboxylic acids is 1. The molecule has 0 radical (unpaired) electrons. The predicted molar refractivity (Wildman–Crippen MR) is 90.3 cm³/mol. The number of nitrogens with two attached hydrogens (primary N) is 1. The van der Waals surface area contributed by atoms with Crippen molar-refractivity contribution in [2.75, 3.05) is 38.6 Å². The van der Waals surface area contributed by atoms with Crippen LogP contribution in [0.3, 0.4) is 0 Å². The molecule has 3 rings (SSSR count). The van der Waals surface area contributed by atoms with Crippen molar-refractivity contribution in [3.8, 4) is 11.1 Å². The van der Waals surface area contributed by atoms with Crippen LogP contribution >= 0.6 is 0 Å². The van der Waals surface area contributed by atoms with E-state index >= 15 is 0 Å². The van der Waals surface area contributed by atoms with Crippen LogP contribution in [0.2, 0.25) is 0 Å². The van der Waals surface area contributed by atoms with E-state index in [-0.39, 0.29) is 5.78 Å². The van der Waals surface area contributed by atoms with Crippen molar-refractivity contribution in [3.05, 3.63) is 48.2 Å². The van der Waals surface area contributed by atoms with Gasteiger partial charge in [-0.05, 0) is 29.3 Å². The van der Waals surface area contributed by atoms with Gasteiger partial charge in [0.25, 0.3) is 0 Å². The number of pyridine rings is 1. The number of morpholine rings is 1. The quantitative estimate of drug-likeness (QED) is 0.858. The van der Waals surface area contributed by atoms with Crippen LogP contribution in [0.1, 0.15) is 16.8 Å². The Morgan fingerprint density at radius 3 is 2.74 bits per heavy atom. The molecule has 5 heteroatoms. The van der Waals surface area contributed by atoms with Gasteiger partial charge in [0, 0.05) is 37.8 Å².